The van der Waals surface area contributed by atoms with Crippen LogP contribution >= 0.6 is 0 Å². The van der Waals surface area contributed by atoms with E-state index < -0.39 is 17.8 Å². The first-order valence-electron chi connectivity index (χ1n) is 11.8. The Balaban J connectivity index is 1.88. The van der Waals surface area contributed by atoms with E-state index in [9.17, 15) is 14.4 Å². The summed E-state index contributed by atoms with van der Waals surface area (Å²) in [4.78, 5) is 36.7. The first kappa shape index (κ1) is 27.7. The predicted molar refractivity (Wildman–Crippen MR) is 136 cm³/mol. The van der Waals surface area contributed by atoms with E-state index in [4.69, 9.17) is 9.47 Å². The average Bonchev–Trinajstić information content (AvgIpc) is 2.77. The zero-order chi connectivity index (χ0) is 26.0. The molecule has 0 heterocycles. The van der Waals surface area contributed by atoms with E-state index >= 15 is 0 Å². The Morgan fingerprint density at radius 2 is 1.57 bits per heavy atom. The van der Waals surface area contributed by atoms with Gasteiger partial charge in [-0.15, -0.1) is 0 Å². The summed E-state index contributed by atoms with van der Waals surface area (Å²) < 4.78 is 11.1. The van der Waals surface area contributed by atoms with Crippen molar-refractivity contribution in [1.82, 2.24) is 10.6 Å². The highest BCUT2D eigenvalue weighted by Gasteiger charge is 2.19. The van der Waals surface area contributed by atoms with E-state index in [0.717, 1.165) is 11.1 Å². The van der Waals surface area contributed by atoms with E-state index in [1.165, 1.54) is 0 Å². The lowest BCUT2D eigenvalue weighted by atomic mass is 10.0. The number of rotatable bonds is 10. The van der Waals surface area contributed by atoms with Crippen molar-refractivity contribution in [2.75, 3.05) is 11.9 Å². The standard InChI is InChI=1S/C27H37N3O5/c1-18(2)21-12-8-10-14-23(21)34-19(3)25(32)30-22-13-9-7-11-20(22)17-29-24(31)15-16-28-26(33)35-27(4,5)6/h7-14,18-19H,15-17H2,1-6H3,(H,28,33)(H,29,31)(H,30,32). The highest BCUT2D eigenvalue weighted by Crippen LogP contribution is 2.27. The lowest BCUT2D eigenvalue weighted by Crippen LogP contribution is -2.35. The minimum atomic E-state index is -0.712. The molecule has 0 radical (unpaired) electrons. The van der Waals surface area contributed by atoms with Gasteiger partial charge in [-0.3, -0.25) is 9.59 Å². The number of amides is 3. The lowest BCUT2D eigenvalue weighted by molar-refractivity contribution is -0.122. The lowest BCUT2D eigenvalue weighted by Gasteiger charge is -2.20. The summed E-state index contributed by atoms with van der Waals surface area (Å²) in [6, 6.07) is 14.9. The van der Waals surface area contributed by atoms with Gasteiger partial charge in [0.15, 0.2) is 6.10 Å². The molecule has 0 saturated carbocycles. The third kappa shape index (κ3) is 9.68. The van der Waals surface area contributed by atoms with Crippen LogP contribution in [0.15, 0.2) is 48.5 Å². The van der Waals surface area contributed by atoms with Crippen LogP contribution in [-0.2, 0) is 20.9 Å². The van der Waals surface area contributed by atoms with Crippen LogP contribution in [0, 0.1) is 0 Å². The van der Waals surface area contributed by atoms with Crippen LogP contribution < -0.4 is 20.7 Å². The molecular formula is C27H37N3O5. The fraction of sp³-hybridized carbons (Fsp3) is 0.444. The molecule has 0 aliphatic heterocycles. The molecule has 3 N–H and O–H groups in total. The molecule has 8 nitrogen and oxygen atoms in total. The number of hydrogen-bond donors (Lipinski definition) is 3. The minimum absolute atomic E-state index is 0.105. The van der Waals surface area contributed by atoms with Gasteiger partial charge in [-0.2, -0.15) is 0 Å². The van der Waals surface area contributed by atoms with Crippen molar-refractivity contribution >= 4 is 23.6 Å². The molecule has 0 fully saturated rings. The molecule has 1 atom stereocenters. The van der Waals surface area contributed by atoms with Gasteiger partial charge in [0.25, 0.3) is 5.91 Å². The molecule has 1 unspecified atom stereocenters. The van der Waals surface area contributed by atoms with Crippen LogP contribution in [0.1, 0.15) is 65.0 Å². The van der Waals surface area contributed by atoms with Gasteiger partial charge in [-0.25, -0.2) is 4.79 Å². The van der Waals surface area contributed by atoms with Crippen molar-refractivity contribution < 1.29 is 23.9 Å². The second kappa shape index (κ2) is 12.8. The second-order valence-electron chi connectivity index (χ2n) is 9.55. The van der Waals surface area contributed by atoms with Crippen molar-refractivity contribution in [3.05, 3.63) is 59.7 Å². The van der Waals surface area contributed by atoms with Crippen LogP contribution in [0.5, 0.6) is 5.75 Å². The maximum absolute atomic E-state index is 12.8. The molecule has 0 aliphatic rings. The van der Waals surface area contributed by atoms with Crippen LogP contribution in [0.2, 0.25) is 0 Å². The molecule has 2 aromatic carbocycles. The molecule has 0 aliphatic carbocycles. The smallest absolute Gasteiger partial charge is 0.407 e. The highest BCUT2D eigenvalue weighted by atomic mass is 16.6. The summed E-state index contributed by atoms with van der Waals surface area (Å²) in [6.07, 6.45) is -1.17. The molecule has 0 bridgehead atoms. The number of ether oxygens (including phenoxy) is 2. The molecule has 0 spiro atoms. The van der Waals surface area contributed by atoms with Gasteiger partial charge in [0, 0.05) is 25.2 Å². The Bertz CT molecular complexity index is 1010. The molecule has 8 heteroatoms. The van der Waals surface area contributed by atoms with Crippen molar-refractivity contribution in [2.24, 2.45) is 0 Å². The Kier molecular flexibility index (Phi) is 10.1. The fourth-order valence-electron chi connectivity index (χ4n) is 3.21. The van der Waals surface area contributed by atoms with E-state index in [0.29, 0.717) is 11.4 Å². The van der Waals surface area contributed by atoms with Gasteiger partial charge in [0.2, 0.25) is 5.91 Å². The minimum Gasteiger partial charge on any atom is -0.481 e. The summed E-state index contributed by atoms with van der Waals surface area (Å²) in [5.41, 5.74) is 1.79. The Hall–Kier alpha value is -3.55. The predicted octanol–water partition coefficient (Wildman–Crippen LogP) is 4.75. The summed E-state index contributed by atoms with van der Waals surface area (Å²) in [7, 11) is 0. The number of para-hydroxylation sites is 2. The third-order valence-corrected chi connectivity index (χ3v) is 4.99. The van der Waals surface area contributed by atoms with E-state index in [1.807, 2.05) is 42.5 Å². The number of benzene rings is 2. The number of alkyl carbamates (subject to hydrolysis) is 1. The van der Waals surface area contributed by atoms with Gasteiger partial charge in [-0.05, 0) is 56.9 Å². The molecular weight excluding hydrogens is 446 g/mol. The maximum Gasteiger partial charge on any atom is 0.407 e. The zero-order valence-corrected chi connectivity index (χ0v) is 21.4. The van der Waals surface area contributed by atoms with E-state index in [1.54, 1.807) is 33.8 Å². The van der Waals surface area contributed by atoms with Crippen molar-refractivity contribution in [1.29, 1.82) is 0 Å². The normalized spacial score (nSPS) is 12.0. The van der Waals surface area contributed by atoms with Crippen LogP contribution in [0.25, 0.3) is 0 Å². The molecule has 0 aromatic heterocycles. The number of anilines is 1. The molecule has 3 amide bonds. The molecule has 0 saturated heterocycles. The van der Waals surface area contributed by atoms with Gasteiger partial charge in [0.1, 0.15) is 11.4 Å². The van der Waals surface area contributed by atoms with E-state index in [-0.39, 0.29) is 37.2 Å². The van der Waals surface area contributed by atoms with E-state index in [2.05, 4.69) is 29.8 Å². The SMILES string of the molecule is CC(Oc1ccccc1C(C)C)C(=O)Nc1ccccc1CNC(=O)CCNC(=O)OC(C)(C)C. The third-order valence-electron chi connectivity index (χ3n) is 4.99. The van der Waals surface area contributed by atoms with Crippen molar-refractivity contribution in [3.8, 4) is 5.75 Å². The Morgan fingerprint density at radius 1 is 0.914 bits per heavy atom. The Morgan fingerprint density at radius 3 is 2.26 bits per heavy atom. The quantitative estimate of drug-likeness (QED) is 0.452. The topological polar surface area (TPSA) is 106 Å². The van der Waals surface area contributed by atoms with Gasteiger partial charge >= 0.3 is 6.09 Å². The van der Waals surface area contributed by atoms with Gasteiger partial charge < -0.3 is 25.4 Å². The average molecular weight is 484 g/mol. The first-order chi connectivity index (χ1) is 16.5. The fourth-order valence-corrected chi connectivity index (χ4v) is 3.21. The van der Waals surface area contributed by atoms with Crippen LogP contribution in [-0.4, -0.2) is 36.2 Å². The van der Waals surface area contributed by atoms with Gasteiger partial charge in [-0.1, -0.05) is 50.2 Å². The number of hydrogen-bond acceptors (Lipinski definition) is 5. The molecule has 2 aromatic rings. The number of carbonyl (C=O) groups is 3. The molecule has 35 heavy (non-hydrogen) atoms. The van der Waals surface area contributed by atoms with Gasteiger partial charge in [0.05, 0.1) is 0 Å². The number of carbonyl (C=O) groups excluding carboxylic acids is 3. The van der Waals surface area contributed by atoms with Crippen molar-refractivity contribution in [3.63, 3.8) is 0 Å². The maximum atomic E-state index is 12.8. The zero-order valence-electron chi connectivity index (χ0n) is 21.4. The highest BCUT2D eigenvalue weighted by molar-refractivity contribution is 5.94. The summed E-state index contributed by atoms with van der Waals surface area (Å²) in [6.45, 7) is 11.6. The summed E-state index contributed by atoms with van der Waals surface area (Å²) in [5.74, 6) is 0.434. The summed E-state index contributed by atoms with van der Waals surface area (Å²) >= 11 is 0. The van der Waals surface area contributed by atoms with Crippen molar-refractivity contribution in [2.45, 2.75) is 72.1 Å². The molecule has 190 valence electrons. The van der Waals surface area contributed by atoms with Crippen LogP contribution in [0.3, 0.4) is 0 Å². The first-order valence-corrected chi connectivity index (χ1v) is 11.8. The monoisotopic (exact) mass is 483 g/mol. The largest absolute Gasteiger partial charge is 0.481 e. The Labute approximate surface area is 207 Å². The summed E-state index contributed by atoms with van der Waals surface area (Å²) in [5, 5.41) is 8.26. The number of nitrogens with one attached hydrogen (secondary N) is 3. The molecule has 2 rings (SSSR count). The van der Waals surface area contributed by atoms with Crippen LogP contribution in [0.4, 0.5) is 10.5 Å². The second-order valence-corrected chi connectivity index (χ2v) is 9.55.